The number of aromatic nitrogens is 1. The number of hydrogen-bond acceptors (Lipinski definition) is 7. The van der Waals surface area contributed by atoms with Crippen molar-refractivity contribution in [3.05, 3.63) is 54.1 Å². The Balaban J connectivity index is 1.05. The molecule has 1 aromatic heterocycles. The van der Waals surface area contributed by atoms with Crippen molar-refractivity contribution in [3.63, 3.8) is 0 Å². The Kier molecular flexibility index (Phi) is 10.3. The molecule has 9 nitrogen and oxygen atoms in total. The van der Waals surface area contributed by atoms with E-state index in [2.05, 4.69) is 15.2 Å². The van der Waals surface area contributed by atoms with Crippen LogP contribution in [0, 0.1) is 0 Å². The van der Waals surface area contributed by atoms with Crippen molar-refractivity contribution in [2.45, 2.75) is 45.1 Å². The topological polar surface area (TPSA) is 106 Å². The molecule has 2 N–H and O–H groups in total. The van der Waals surface area contributed by atoms with Gasteiger partial charge in [-0.1, -0.05) is 48.4 Å². The highest BCUT2D eigenvalue weighted by atomic mass is 32.1. The molecule has 208 valence electrons. The third-order valence-corrected chi connectivity index (χ3v) is 8.11. The highest BCUT2D eigenvalue weighted by Gasteiger charge is 2.24. The van der Waals surface area contributed by atoms with E-state index in [0.717, 1.165) is 41.5 Å². The van der Waals surface area contributed by atoms with E-state index >= 15 is 0 Å². The van der Waals surface area contributed by atoms with Crippen molar-refractivity contribution in [1.82, 2.24) is 20.1 Å². The molecule has 4 rings (SSSR count). The van der Waals surface area contributed by atoms with E-state index in [9.17, 15) is 19.5 Å². The average Bonchev–Trinajstić information content (AvgIpc) is 3.39. The highest BCUT2D eigenvalue weighted by Crippen LogP contribution is 2.28. The highest BCUT2D eigenvalue weighted by molar-refractivity contribution is 7.22. The Hall–Kier alpha value is -3.50. The van der Waals surface area contributed by atoms with Crippen molar-refractivity contribution in [3.8, 4) is 5.75 Å². The van der Waals surface area contributed by atoms with Crippen LogP contribution in [0.4, 0.5) is 5.13 Å². The maximum atomic E-state index is 12.8. The van der Waals surface area contributed by atoms with Gasteiger partial charge in [-0.15, -0.1) is 0 Å². The van der Waals surface area contributed by atoms with Crippen LogP contribution in [0.3, 0.4) is 0 Å². The summed E-state index contributed by atoms with van der Waals surface area (Å²) in [6, 6.07) is 14.7. The molecule has 0 aliphatic carbocycles. The van der Waals surface area contributed by atoms with Crippen molar-refractivity contribution in [2.24, 2.45) is 0 Å². The van der Waals surface area contributed by atoms with Crippen molar-refractivity contribution >= 4 is 44.4 Å². The van der Waals surface area contributed by atoms with E-state index < -0.39 is 0 Å². The molecule has 0 radical (unpaired) electrons. The number of phenols is 1. The van der Waals surface area contributed by atoms with E-state index in [4.69, 9.17) is 0 Å². The molecular weight excluding hydrogens is 514 g/mol. The van der Waals surface area contributed by atoms with E-state index in [1.165, 1.54) is 11.3 Å². The number of anilines is 1. The van der Waals surface area contributed by atoms with E-state index in [0.29, 0.717) is 57.2 Å². The number of nitrogens with zero attached hydrogens (tertiary/aromatic N) is 4. The van der Waals surface area contributed by atoms with Crippen LogP contribution in [0.2, 0.25) is 0 Å². The standard InChI is InChI=1S/C29H37N5O4S/c1-32(29-31-24-8-6-7-9-25(24)39-29)28(38)21-33-16-18-34(19-17-33)27(37)11-5-3-2-4-10-26(36)30-20-22-12-14-23(35)15-13-22/h6-9,12-15,35H,2-5,10-11,16-21H2,1H3,(H,30,36). The van der Waals surface area contributed by atoms with Gasteiger partial charge in [-0.25, -0.2) is 4.98 Å². The molecule has 10 heteroatoms. The molecule has 3 amide bonds. The molecule has 0 atom stereocenters. The lowest BCUT2D eigenvalue weighted by Crippen LogP contribution is -2.51. The molecule has 1 aliphatic rings. The number of likely N-dealkylation sites (N-methyl/N-ethyl adjacent to an activating group) is 1. The van der Waals surface area contributed by atoms with E-state index in [-0.39, 0.29) is 23.5 Å². The second-order valence-corrected chi connectivity index (χ2v) is 10.9. The Morgan fingerprint density at radius 1 is 0.949 bits per heavy atom. The number of rotatable bonds is 12. The van der Waals surface area contributed by atoms with Gasteiger partial charge in [0.25, 0.3) is 0 Å². The molecule has 0 saturated carbocycles. The van der Waals surface area contributed by atoms with E-state index in [1.54, 1.807) is 36.2 Å². The summed E-state index contributed by atoms with van der Waals surface area (Å²) in [5.74, 6) is 0.395. The molecule has 0 unspecified atom stereocenters. The molecule has 0 bridgehead atoms. The fourth-order valence-electron chi connectivity index (χ4n) is 4.54. The van der Waals surface area contributed by atoms with Crippen LogP contribution in [0.25, 0.3) is 10.2 Å². The summed E-state index contributed by atoms with van der Waals surface area (Å²) in [6.07, 6.45) is 4.45. The maximum absolute atomic E-state index is 12.8. The van der Waals surface area contributed by atoms with Gasteiger partial charge in [0, 0.05) is 52.6 Å². The van der Waals surface area contributed by atoms with Crippen LogP contribution < -0.4 is 10.2 Å². The Morgan fingerprint density at radius 3 is 2.36 bits per heavy atom. The van der Waals surface area contributed by atoms with Gasteiger partial charge in [0.15, 0.2) is 5.13 Å². The van der Waals surface area contributed by atoms with E-state index in [1.807, 2.05) is 29.2 Å². The predicted octanol–water partition coefficient (Wildman–Crippen LogP) is 3.77. The van der Waals surface area contributed by atoms with Gasteiger partial charge in [-0.2, -0.15) is 0 Å². The number of para-hydroxylation sites is 1. The molecule has 0 spiro atoms. The Morgan fingerprint density at radius 2 is 1.64 bits per heavy atom. The summed E-state index contributed by atoms with van der Waals surface area (Å²) in [4.78, 5) is 47.7. The van der Waals surface area contributed by atoms with Crippen molar-refractivity contribution < 1.29 is 19.5 Å². The quantitative estimate of drug-likeness (QED) is 0.332. The number of carbonyl (C=O) groups excluding carboxylic acids is 3. The summed E-state index contributed by atoms with van der Waals surface area (Å²) in [7, 11) is 1.77. The van der Waals surface area contributed by atoms with Crippen LogP contribution in [0.1, 0.15) is 44.1 Å². The van der Waals surface area contributed by atoms with Gasteiger partial charge < -0.3 is 15.3 Å². The van der Waals surface area contributed by atoms with Gasteiger partial charge in [0.2, 0.25) is 17.7 Å². The maximum Gasteiger partial charge on any atom is 0.242 e. The minimum atomic E-state index is 0.00266. The SMILES string of the molecule is CN(C(=O)CN1CCN(C(=O)CCCCCCC(=O)NCc2ccc(O)cc2)CC1)c1nc2ccccc2s1. The van der Waals surface area contributed by atoms with Crippen LogP contribution in [-0.2, 0) is 20.9 Å². The number of amides is 3. The fraction of sp³-hybridized carbons (Fsp3) is 0.448. The lowest BCUT2D eigenvalue weighted by Gasteiger charge is -2.35. The fourth-order valence-corrected chi connectivity index (χ4v) is 5.48. The molecule has 39 heavy (non-hydrogen) atoms. The molecule has 3 aromatic rings. The Labute approximate surface area is 233 Å². The third kappa shape index (κ3) is 8.49. The number of piperazine rings is 1. The largest absolute Gasteiger partial charge is 0.508 e. The lowest BCUT2D eigenvalue weighted by molar-refractivity contribution is -0.133. The Bertz CT molecular complexity index is 1220. The number of phenolic OH excluding ortho intramolecular Hbond substituents is 1. The minimum absolute atomic E-state index is 0.00266. The van der Waals surface area contributed by atoms with Gasteiger partial charge in [0.05, 0.1) is 16.8 Å². The number of hydrogen-bond donors (Lipinski definition) is 2. The number of carbonyl (C=O) groups is 3. The first-order valence-electron chi connectivity index (χ1n) is 13.6. The minimum Gasteiger partial charge on any atom is -0.508 e. The normalized spacial score (nSPS) is 13.9. The summed E-state index contributed by atoms with van der Waals surface area (Å²) < 4.78 is 1.06. The van der Waals surface area contributed by atoms with Crippen LogP contribution in [0.15, 0.2) is 48.5 Å². The van der Waals surface area contributed by atoms with Crippen LogP contribution >= 0.6 is 11.3 Å². The molecule has 1 saturated heterocycles. The van der Waals surface area contributed by atoms with Crippen molar-refractivity contribution in [1.29, 1.82) is 0 Å². The van der Waals surface area contributed by atoms with Crippen LogP contribution in [-0.4, -0.2) is 77.4 Å². The first-order valence-corrected chi connectivity index (χ1v) is 14.4. The zero-order valence-corrected chi connectivity index (χ0v) is 23.3. The second-order valence-electron chi connectivity index (χ2n) is 9.93. The molecule has 2 heterocycles. The molecule has 2 aromatic carbocycles. The molecule has 1 aliphatic heterocycles. The zero-order valence-electron chi connectivity index (χ0n) is 22.5. The smallest absolute Gasteiger partial charge is 0.242 e. The summed E-state index contributed by atoms with van der Waals surface area (Å²) in [5, 5.41) is 12.9. The number of thiazole rings is 1. The summed E-state index contributed by atoms with van der Waals surface area (Å²) in [5.41, 5.74) is 1.85. The summed E-state index contributed by atoms with van der Waals surface area (Å²) >= 11 is 1.51. The first kappa shape index (κ1) is 28.5. The third-order valence-electron chi connectivity index (χ3n) is 7.00. The summed E-state index contributed by atoms with van der Waals surface area (Å²) in [6.45, 7) is 3.41. The zero-order chi connectivity index (χ0) is 27.6. The molecule has 1 fully saturated rings. The van der Waals surface area contributed by atoms with Crippen LogP contribution in [0.5, 0.6) is 5.75 Å². The number of nitrogens with one attached hydrogen (secondary N) is 1. The number of benzene rings is 2. The van der Waals surface area contributed by atoms with Gasteiger partial charge in [-0.3, -0.25) is 24.2 Å². The van der Waals surface area contributed by atoms with Gasteiger partial charge in [0.1, 0.15) is 5.75 Å². The average molecular weight is 552 g/mol. The number of aromatic hydroxyl groups is 1. The number of unbranched alkanes of at least 4 members (excludes halogenated alkanes) is 3. The molecular formula is C29H37N5O4S. The van der Waals surface area contributed by atoms with Gasteiger partial charge in [-0.05, 0) is 42.7 Å². The predicted molar refractivity (Wildman–Crippen MR) is 154 cm³/mol. The lowest BCUT2D eigenvalue weighted by atomic mass is 10.1. The van der Waals surface area contributed by atoms with Crippen molar-refractivity contribution in [2.75, 3.05) is 44.7 Å². The first-order chi connectivity index (χ1) is 18.9. The number of fused-ring (bicyclic) bond motifs is 1. The second kappa shape index (κ2) is 14.0. The van der Waals surface area contributed by atoms with Gasteiger partial charge >= 0.3 is 0 Å². The monoisotopic (exact) mass is 551 g/mol.